The van der Waals surface area contributed by atoms with E-state index in [1.807, 2.05) is 19.1 Å². The normalized spacial score (nSPS) is 25.4. The van der Waals surface area contributed by atoms with E-state index in [2.05, 4.69) is 9.13 Å². The Balaban J connectivity index is 2.89. The molecule has 0 heterocycles. The Labute approximate surface area is 120 Å². The first-order chi connectivity index (χ1) is 9.37. The number of allylic oxidation sites excluding steroid dienone is 2. The van der Waals surface area contributed by atoms with Gasteiger partial charge >= 0.3 is 16.2 Å². The van der Waals surface area contributed by atoms with E-state index in [1.54, 1.807) is 0 Å². The minimum atomic E-state index is -3.88. The molecule has 20 heavy (non-hydrogen) atoms. The van der Waals surface area contributed by atoms with Crippen molar-refractivity contribution >= 4 is 21.9 Å². The van der Waals surface area contributed by atoms with Crippen LogP contribution in [0.4, 0.5) is 0 Å². The largest absolute Gasteiger partial charge is 0.469 e. The highest BCUT2D eigenvalue weighted by molar-refractivity contribution is 7.88. The van der Waals surface area contributed by atoms with Crippen LogP contribution in [-0.4, -0.2) is 27.2 Å². The fraction of sp³-hybridized carbons (Fsp3) is 0.692. The highest BCUT2D eigenvalue weighted by Gasteiger charge is 2.34. The Bertz CT molecular complexity index is 497. The SMILES string of the molecule is CC/C=C\CC1C(=NS(N)(=O)=O)CCC1CC(=O)OC. The standard InChI is InChI=1S/C13H22N2O4S/c1-3-4-5-6-11-10(9-13(16)19-2)7-8-12(11)15-20(14,17)18/h4-5,10-11H,3,6-9H2,1-2H3,(H2,14,17,18)/b5-4-,15-12?. The second-order valence-electron chi connectivity index (χ2n) is 4.90. The van der Waals surface area contributed by atoms with Crippen molar-refractivity contribution in [1.29, 1.82) is 0 Å². The highest BCUT2D eigenvalue weighted by Crippen LogP contribution is 2.35. The molecule has 0 amide bonds. The van der Waals surface area contributed by atoms with Gasteiger partial charge in [0.15, 0.2) is 0 Å². The number of hydrogen-bond donors (Lipinski definition) is 1. The fourth-order valence-corrected chi connectivity index (χ4v) is 3.10. The topological polar surface area (TPSA) is 98.8 Å². The van der Waals surface area contributed by atoms with Gasteiger partial charge in [0, 0.05) is 18.1 Å². The lowest BCUT2D eigenvalue weighted by molar-refractivity contribution is -0.141. The van der Waals surface area contributed by atoms with Gasteiger partial charge in [-0.2, -0.15) is 12.8 Å². The summed E-state index contributed by atoms with van der Waals surface area (Å²) in [5.74, 6) is -0.281. The molecule has 7 heteroatoms. The maximum absolute atomic E-state index is 11.4. The average molecular weight is 302 g/mol. The molecule has 1 fully saturated rings. The predicted molar refractivity (Wildman–Crippen MR) is 77.4 cm³/mol. The molecule has 0 bridgehead atoms. The molecule has 2 N–H and O–H groups in total. The molecule has 0 radical (unpaired) electrons. The van der Waals surface area contributed by atoms with E-state index in [4.69, 9.17) is 5.14 Å². The van der Waals surface area contributed by atoms with Crippen LogP contribution >= 0.6 is 0 Å². The molecular formula is C13H22N2O4S. The van der Waals surface area contributed by atoms with Gasteiger partial charge < -0.3 is 4.74 Å². The Hall–Kier alpha value is -1.21. The molecule has 0 spiro atoms. The molecule has 2 unspecified atom stereocenters. The zero-order valence-corrected chi connectivity index (χ0v) is 12.7. The third kappa shape index (κ3) is 5.42. The maximum atomic E-state index is 11.4. The molecule has 1 aliphatic rings. The third-order valence-electron chi connectivity index (χ3n) is 3.46. The van der Waals surface area contributed by atoms with E-state index in [1.165, 1.54) is 7.11 Å². The minimum Gasteiger partial charge on any atom is -0.469 e. The lowest BCUT2D eigenvalue weighted by Crippen LogP contribution is -2.20. The summed E-state index contributed by atoms with van der Waals surface area (Å²) in [6, 6.07) is 0. The number of carbonyl (C=O) groups excluding carboxylic acids is 1. The molecule has 2 atom stereocenters. The van der Waals surface area contributed by atoms with E-state index in [9.17, 15) is 13.2 Å². The number of esters is 1. The highest BCUT2D eigenvalue weighted by atomic mass is 32.2. The van der Waals surface area contributed by atoms with E-state index < -0.39 is 10.2 Å². The Morgan fingerprint density at radius 3 is 2.75 bits per heavy atom. The first-order valence-electron chi connectivity index (χ1n) is 6.70. The molecular weight excluding hydrogens is 280 g/mol. The van der Waals surface area contributed by atoms with Crippen LogP contribution in [0.2, 0.25) is 0 Å². The molecule has 0 aromatic rings. The second-order valence-corrected chi connectivity index (χ2v) is 6.11. The van der Waals surface area contributed by atoms with Crippen LogP contribution < -0.4 is 5.14 Å². The van der Waals surface area contributed by atoms with Crippen LogP contribution in [0.25, 0.3) is 0 Å². The molecule has 1 saturated carbocycles. The Morgan fingerprint density at radius 1 is 1.50 bits per heavy atom. The van der Waals surface area contributed by atoms with Gasteiger partial charge in [-0.05, 0) is 31.6 Å². The van der Waals surface area contributed by atoms with Crippen LogP contribution in [0.15, 0.2) is 16.5 Å². The summed E-state index contributed by atoms with van der Waals surface area (Å²) in [6.45, 7) is 2.02. The van der Waals surface area contributed by atoms with Crippen molar-refractivity contribution in [3.63, 3.8) is 0 Å². The first-order valence-corrected chi connectivity index (χ1v) is 8.21. The van der Waals surface area contributed by atoms with Crippen molar-refractivity contribution in [2.24, 2.45) is 21.4 Å². The smallest absolute Gasteiger partial charge is 0.317 e. The van der Waals surface area contributed by atoms with Crippen molar-refractivity contribution in [3.05, 3.63) is 12.2 Å². The molecule has 0 aliphatic heterocycles. The lowest BCUT2D eigenvalue weighted by atomic mass is 9.89. The third-order valence-corrected chi connectivity index (χ3v) is 3.95. The van der Waals surface area contributed by atoms with Crippen LogP contribution in [0.5, 0.6) is 0 Å². The molecule has 0 aromatic heterocycles. The van der Waals surface area contributed by atoms with Crippen LogP contribution in [0.3, 0.4) is 0 Å². The molecule has 0 saturated heterocycles. The van der Waals surface area contributed by atoms with Gasteiger partial charge in [0.05, 0.1) is 7.11 Å². The van der Waals surface area contributed by atoms with Crippen molar-refractivity contribution in [1.82, 2.24) is 0 Å². The number of rotatable bonds is 6. The monoisotopic (exact) mass is 302 g/mol. The minimum absolute atomic E-state index is 0.0597. The summed E-state index contributed by atoms with van der Waals surface area (Å²) >= 11 is 0. The van der Waals surface area contributed by atoms with Crippen LogP contribution in [0.1, 0.15) is 39.0 Å². The van der Waals surface area contributed by atoms with Gasteiger partial charge in [-0.15, -0.1) is 0 Å². The molecule has 1 aliphatic carbocycles. The van der Waals surface area contributed by atoms with Gasteiger partial charge in [0.25, 0.3) is 0 Å². The van der Waals surface area contributed by atoms with Crippen LogP contribution in [0, 0.1) is 11.8 Å². The summed E-state index contributed by atoms with van der Waals surface area (Å²) < 4.78 is 30.6. The van der Waals surface area contributed by atoms with Gasteiger partial charge in [-0.3, -0.25) is 4.79 Å². The Morgan fingerprint density at radius 2 is 2.20 bits per heavy atom. The van der Waals surface area contributed by atoms with Crippen molar-refractivity contribution in [2.75, 3.05) is 7.11 Å². The van der Waals surface area contributed by atoms with Gasteiger partial charge in [-0.25, -0.2) is 5.14 Å². The maximum Gasteiger partial charge on any atom is 0.317 e. The number of methoxy groups -OCH3 is 1. The summed E-state index contributed by atoms with van der Waals surface area (Å²) in [4.78, 5) is 11.4. The number of hydrogen-bond acceptors (Lipinski definition) is 4. The predicted octanol–water partition coefficient (Wildman–Crippen LogP) is 1.58. The first kappa shape index (κ1) is 16.8. The summed E-state index contributed by atoms with van der Waals surface area (Å²) in [7, 11) is -2.53. The number of carbonyl (C=O) groups is 1. The van der Waals surface area contributed by atoms with Crippen molar-refractivity contribution in [3.8, 4) is 0 Å². The average Bonchev–Trinajstić information content (AvgIpc) is 2.70. The molecule has 1 rings (SSSR count). The summed E-state index contributed by atoms with van der Waals surface area (Å²) in [5.41, 5.74) is 0.571. The van der Waals surface area contributed by atoms with E-state index in [0.717, 1.165) is 12.8 Å². The fourth-order valence-electron chi connectivity index (χ4n) is 2.55. The van der Waals surface area contributed by atoms with Gasteiger partial charge in [0.1, 0.15) is 0 Å². The number of nitrogens with two attached hydrogens (primary N) is 1. The van der Waals surface area contributed by atoms with Crippen molar-refractivity contribution < 1.29 is 17.9 Å². The zero-order valence-electron chi connectivity index (χ0n) is 11.9. The summed E-state index contributed by atoms with van der Waals surface area (Å²) in [6.07, 6.45) is 7.17. The molecule has 6 nitrogen and oxygen atoms in total. The quantitative estimate of drug-likeness (QED) is 0.594. The van der Waals surface area contributed by atoms with E-state index in [-0.39, 0.29) is 24.2 Å². The molecule has 114 valence electrons. The van der Waals surface area contributed by atoms with Gasteiger partial charge in [0.2, 0.25) is 0 Å². The number of ether oxygens (including phenoxy) is 1. The van der Waals surface area contributed by atoms with Crippen LogP contribution in [-0.2, 0) is 19.7 Å². The Kier molecular flexibility index (Phi) is 6.35. The zero-order chi connectivity index (χ0) is 15.2. The number of nitrogens with zero attached hydrogens (tertiary/aromatic N) is 1. The summed E-state index contributed by atoms with van der Waals surface area (Å²) in [5, 5.41) is 4.98. The molecule has 0 aromatic carbocycles. The van der Waals surface area contributed by atoms with E-state index >= 15 is 0 Å². The van der Waals surface area contributed by atoms with Gasteiger partial charge in [-0.1, -0.05) is 19.1 Å². The van der Waals surface area contributed by atoms with Crippen molar-refractivity contribution in [2.45, 2.75) is 39.0 Å². The lowest BCUT2D eigenvalue weighted by Gasteiger charge is -2.17. The second kappa shape index (κ2) is 7.54. The van der Waals surface area contributed by atoms with E-state index in [0.29, 0.717) is 18.6 Å².